The monoisotopic (exact) mass is 291 g/mol. The molecule has 0 saturated carbocycles. The van der Waals surface area contributed by atoms with E-state index < -0.39 is 6.10 Å². The predicted molar refractivity (Wildman–Crippen MR) is 81.3 cm³/mol. The minimum atomic E-state index is -0.566. The Balaban J connectivity index is 2.02. The molecule has 0 aliphatic heterocycles. The molecule has 0 aliphatic carbocycles. The number of urea groups is 1. The van der Waals surface area contributed by atoms with Crippen molar-refractivity contribution >= 4 is 28.2 Å². The maximum Gasteiger partial charge on any atom is 0.325 e. The van der Waals surface area contributed by atoms with Gasteiger partial charge in [-0.3, -0.25) is 5.32 Å². The number of aryl methyl sites for hydroxylation is 2. The largest absolute Gasteiger partial charge is 0.389 e. The molecule has 1 aromatic heterocycles. The van der Waals surface area contributed by atoms with E-state index >= 15 is 0 Å². The van der Waals surface area contributed by atoms with Crippen LogP contribution in [-0.2, 0) is 0 Å². The molecule has 20 heavy (non-hydrogen) atoms. The third-order valence-corrected chi connectivity index (χ3v) is 3.86. The van der Waals surface area contributed by atoms with Gasteiger partial charge >= 0.3 is 6.03 Å². The molecule has 1 atom stereocenters. The number of aliphatic hydroxyl groups is 1. The molecule has 1 aromatic carbocycles. The molecule has 0 bridgehead atoms. The van der Waals surface area contributed by atoms with E-state index in [1.54, 1.807) is 31.2 Å². The van der Waals surface area contributed by atoms with E-state index in [9.17, 15) is 9.90 Å². The van der Waals surface area contributed by atoms with Crippen molar-refractivity contribution in [1.29, 1.82) is 0 Å². The van der Waals surface area contributed by atoms with Crippen LogP contribution in [0.5, 0.6) is 0 Å². The molecule has 0 saturated heterocycles. The lowest BCUT2D eigenvalue weighted by Gasteiger charge is -2.09. The van der Waals surface area contributed by atoms with Gasteiger partial charge in [0.2, 0.25) is 0 Å². The Bertz CT molecular complexity index is 603. The second-order valence-corrected chi connectivity index (χ2v) is 5.74. The van der Waals surface area contributed by atoms with Crippen molar-refractivity contribution < 1.29 is 9.90 Å². The average molecular weight is 291 g/mol. The Morgan fingerprint density at radius 3 is 2.70 bits per heavy atom. The molecule has 5 nitrogen and oxygen atoms in total. The fourth-order valence-electron chi connectivity index (χ4n) is 1.66. The van der Waals surface area contributed by atoms with Crippen LogP contribution in [0, 0.1) is 13.8 Å². The first-order valence-corrected chi connectivity index (χ1v) is 7.07. The predicted octanol–water partition coefficient (Wildman–Crippen LogP) is 3.46. The summed E-state index contributed by atoms with van der Waals surface area (Å²) in [5, 5.41) is 15.5. The second kappa shape index (κ2) is 6.02. The molecule has 0 spiro atoms. The van der Waals surface area contributed by atoms with Gasteiger partial charge in [0.05, 0.1) is 11.8 Å². The highest BCUT2D eigenvalue weighted by Gasteiger charge is 2.08. The molecular formula is C14H17N3O2S. The van der Waals surface area contributed by atoms with Gasteiger partial charge in [-0.25, -0.2) is 9.78 Å². The lowest BCUT2D eigenvalue weighted by Crippen LogP contribution is -2.19. The molecule has 2 rings (SSSR count). The van der Waals surface area contributed by atoms with E-state index in [2.05, 4.69) is 15.6 Å². The lowest BCUT2D eigenvalue weighted by atomic mass is 10.1. The number of aliphatic hydroxyl groups excluding tert-OH is 1. The standard InChI is InChI=1S/C14H17N3O2S/c1-8-10(3)20-14(15-8)17-13(19)16-12-6-4-5-11(7-12)9(2)18/h4-7,9,18H,1-3H3,(H2,15,16,17,19). The van der Waals surface area contributed by atoms with E-state index in [0.717, 1.165) is 16.1 Å². The zero-order chi connectivity index (χ0) is 14.7. The highest BCUT2D eigenvalue weighted by molar-refractivity contribution is 7.15. The number of rotatable bonds is 3. The number of benzene rings is 1. The van der Waals surface area contributed by atoms with Gasteiger partial charge < -0.3 is 10.4 Å². The topological polar surface area (TPSA) is 74.2 Å². The minimum Gasteiger partial charge on any atom is -0.389 e. The molecule has 2 amide bonds. The fourth-order valence-corrected chi connectivity index (χ4v) is 2.47. The summed E-state index contributed by atoms with van der Waals surface area (Å²) in [6.45, 7) is 5.55. The van der Waals surface area contributed by atoms with Crippen LogP contribution < -0.4 is 10.6 Å². The van der Waals surface area contributed by atoms with Gasteiger partial charge in [0.1, 0.15) is 0 Å². The van der Waals surface area contributed by atoms with Gasteiger partial charge in [-0.2, -0.15) is 0 Å². The summed E-state index contributed by atoms with van der Waals surface area (Å²) in [6.07, 6.45) is -0.566. The van der Waals surface area contributed by atoms with Gasteiger partial charge in [0, 0.05) is 10.6 Å². The summed E-state index contributed by atoms with van der Waals surface area (Å²) in [6, 6.07) is 6.75. The van der Waals surface area contributed by atoms with Crippen LogP contribution in [-0.4, -0.2) is 16.1 Å². The first-order chi connectivity index (χ1) is 9.45. The zero-order valence-electron chi connectivity index (χ0n) is 11.6. The summed E-state index contributed by atoms with van der Waals surface area (Å²) in [5.41, 5.74) is 2.30. The van der Waals surface area contributed by atoms with Crippen molar-refractivity contribution in [3.8, 4) is 0 Å². The van der Waals surface area contributed by atoms with E-state index in [4.69, 9.17) is 0 Å². The maximum absolute atomic E-state index is 11.9. The Labute approximate surface area is 121 Å². The van der Waals surface area contributed by atoms with Crippen molar-refractivity contribution in [2.75, 3.05) is 10.6 Å². The number of carbonyl (C=O) groups is 1. The molecular weight excluding hydrogens is 274 g/mol. The van der Waals surface area contributed by atoms with Crippen LogP contribution in [0.25, 0.3) is 0 Å². The van der Waals surface area contributed by atoms with Crippen LogP contribution in [0.1, 0.15) is 29.2 Å². The van der Waals surface area contributed by atoms with Crippen LogP contribution in [0.2, 0.25) is 0 Å². The number of hydrogen-bond donors (Lipinski definition) is 3. The SMILES string of the molecule is Cc1nc(NC(=O)Nc2cccc(C(C)O)c2)sc1C. The van der Waals surface area contributed by atoms with Gasteiger partial charge in [-0.1, -0.05) is 12.1 Å². The Hall–Kier alpha value is -1.92. The first-order valence-electron chi connectivity index (χ1n) is 6.26. The summed E-state index contributed by atoms with van der Waals surface area (Å²) in [5.74, 6) is 0. The smallest absolute Gasteiger partial charge is 0.325 e. The van der Waals surface area contributed by atoms with Gasteiger partial charge in [0.15, 0.2) is 5.13 Å². The summed E-state index contributed by atoms with van der Waals surface area (Å²) in [4.78, 5) is 17.2. The minimum absolute atomic E-state index is 0.346. The second-order valence-electron chi connectivity index (χ2n) is 4.54. The molecule has 3 N–H and O–H groups in total. The number of anilines is 2. The van der Waals surface area contributed by atoms with Crippen molar-refractivity contribution in [1.82, 2.24) is 4.98 Å². The van der Waals surface area contributed by atoms with E-state index in [1.165, 1.54) is 11.3 Å². The Kier molecular flexibility index (Phi) is 4.36. The molecule has 106 valence electrons. The number of nitrogens with zero attached hydrogens (tertiary/aromatic N) is 1. The number of carbonyl (C=O) groups excluding carboxylic acids is 1. The van der Waals surface area contributed by atoms with Crippen LogP contribution >= 0.6 is 11.3 Å². The number of hydrogen-bond acceptors (Lipinski definition) is 4. The summed E-state index contributed by atoms with van der Waals surface area (Å²) >= 11 is 1.44. The van der Waals surface area contributed by atoms with Crippen LogP contribution in [0.4, 0.5) is 15.6 Å². The van der Waals surface area contributed by atoms with Gasteiger partial charge in [-0.15, -0.1) is 11.3 Å². The highest BCUT2D eigenvalue weighted by atomic mass is 32.1. The quantitative estimate of drug-likeness (QED) is 0.810. The number of amides is 2. The number of thiazole rings is 1. The Morgan fingerprint density at radius 2 is 2.10 bits per heavy atom. The normalized spacial score (nSPS) is 12.0. The number of nitrogens with one attached hydrogen (secondary N) is 2. The third-order valence-electron chi connectivity index (χ3n) is 2.88. The fraction of sp³-hybridized carbons (Fsp3) is 0.286. The molecule has 0 fully saturated rings. The van der Waals surface area contributed by atoms with E-state index in [-0.39, 0.29) is 6.03 Å². The van der Waals surface area contributed by atoms with E-state index in [0.29, 0.717) is 10.8 Å². The van der Waals surface area contributed by atoms with Crippen LogP contribution in [0.3, 0.4) is 0 Å². The molecule has 1 heterocycles. The van der Waals surface area contributed by atoms with Crippen molar-refractivity contribution in [3.63, 3.8) is 0 Å². The third kappa shape index (κ3) is 3.55. The Morgan fingerprint density at radius 1 is 1.35 bits per heavy atom. The summed E-state index contributed by atoms with van der Waals surface area (Å²) < 4.78 is 0. The van der Waals surface area contributed by atoms with Gasteiger partial charge in [0.25, 0.3) is 0 Å². The van der Waals surface area contributed by atoms with Crippen LogP contribution in [0.15, 0.2) is 24.3 Å². The average Bonchev–Trinajstić information content (AvgIpc) is 2.68. The molecule has 0 radical (unpaired) electrons. The zero-order valence-corrected chi connectivity index (χ0v) is 12.4. The van der Waals surface area contributed by atoms with Crippen molar-refractivity contribution in [2.45, 2.75) is 26.9 Å². The van der Waals surface area contributed by atoms with Crippen molar-refractivity contribution in [2.24, 2.45) is 0 Å². The van der Waals surface area contributed by atoms with E-state index in [1.807, 2.05) is 13.8 Å². The molecule has 2 aromatic rings. The maximum atomic E-state index is 11.9. The van der Waals surface area contributed by atoms with Crippen molar-refractivity contribution in [3.05, 3.63) is 40.4 Å². The number of aromatic nitrogens is 1. The first kappa shape index (κ1) is 14.5. The summed E-state index contributed by atoms with van der Waals surface area (Å²) in [7, 11) is 0. The van der Waals surface area contributed by atoms with Gasteiger partial charge in [-0.05, 0) is 38.5 Å². The lowest BCUT2D eigenvalue weighted by molar-refractivity contribution is 0.199. The highest BCUT2D eigenvalue weighted by Crippen LogP contribution is 2.21. The molecule has 6 heteroatoms. The molecule has 1 unspecified atom stereocenters. The molecule has 0 aliphatic rings.